The van der Waals surface area contributed by atoms with E-state index in [9.17, 15) is 0 Å². The zero-order valence-electron chi connectivity index (χ0n) is 7.88. The fraction of sp³-hybridized carbons (Fsp3) is 0.364. The monoisotopic (exact) mass is 174 g/mol. The molecule has 2 rings (SSSR count). The van der Waals surface area contributed by atoms with Gasteiger partial charge < -0.3 is 5.32 Å². The summed E-state index contributed by atoms with van der Waals surface area (Å²) >= 11 is 0. The van der Waals surface area contributed by atoms with Crippen molar-refractivity contribution in [2.45, 2.75) is 13.3 Å². The number of rotatable bonds is 1. The van der Waals surface area contributed by atoms with E-state index in [1.165, 1.54) is 16.8 Å². The van der Waals surface area contributed by atoms with Crippen molar-refractivity contribution in [3.63, 3.8) is 0 Å². The normalized spacial score (nSPS) is 16.8. The van der Waals surface area contributed by atoms with Gasteiger partial charge in [-0.05, 0) is 37.1 Å². The molecule has 1 aromatic rings. The first-order valence-electron chi connectivity index (χ1n) is 4.69. The molecule has 0 aliphatic carbocycles. The summed E-state index contributed by atoms with van der Waals surface area (Å²) < 4.78 is 0. The molecule has 1 aliphatic heterocycles. The van der Waals surface area contributed by atoms with Crippen LogP contribution >= 0.6 is 0 Å². The summed E-state index contributed by atoms with van der Waals surface area (Å²) in [7, 11) is 0. The molecule has 0 saturated heterocycles. The minimum absolute atomic E-state index is 0.978. The van der Waals surface area contributed by atoms with Crippen LogP contribution in [0.25, 0.3) is 5.57 Å². The van der Waals surface area contributed by atoms with Crippen molar-refractivity contribution in [2.24, 2.45) is 0 Å². The van der Waals surface area contributed by atoms with Gasteiger partial charge in [-0.25, -0.2) is 0 Å². The Morgan fingerprint density at radius 3 is 3.08 bits per heavy atom. The Morgan fingerprint density at radius 1 is 1.46 bits per heavy atom. The Bertz CT molecular complexity index is 329. The van der Waals surface area contributed by atoms with Crippen LogP contribution in [0.3, 0.4) is 0 Å². The minimum Gasteiger partial charge on any atom is -0.313 e. The lowest BCUT2D eigenvalue weighted by molar-refractivity contribution is 0.736. The second-order valence-corrected chi connectivity index (χ2v) is 3.35. The molecule has 13 heavy (non-hydrogen) atoms. The number of aromatic nitrogens is 1. The molecule has 1 aromatic heterocycles. The fourth-order valence-electron chi connectivity index (χ4n) is 1.66. The van der Waals surface area contributed by atoms with E-state index in [4.69, 9.17) is 0 Å². The van der Waals surface area contributed by atoms with Crippen molar-refractivity contribution in [3.8, 4) is 0 Å². The molecule has 1 N–H and O–H groups in total. The highest BCUT2D eigenvalue weighted by molar-refractivity contribution is 5.65. The van der Waals surface area contributed by atoms with Gasteiger partial charge in [0.1, 0.15) is 0 Å². The quantitative estimate of drug-likeness (QED) is 0.701. The number of nitrogens with one attached hydrogen (secondary N) is 1. The van der Waals surface area contributed by atoms with Crippen LogP contribution in [0.5, 0.6) is 0 Å². The van der Waals surface area contributed by atoms with Gasteiger partial charge in [0.05, 0.1) is 5.69 Å². The topological polar surface area (TPSA) is 24.9 Å². The fourth-order valence-corrected chi connectivity index (χ4v) is 1.66. The maximum atomic E-state index is 4.41. The van der Waals surface area contributed by atoms with Crippen LogP contribution in [-0.2, 0) is 0 Å². The first-order chi connectivity index (χ1) is 6.38. The molecular formula is C11H14N2. The lowest BCUT2D eigenvalue weighted by Gasteiger charge is -2.14. The number of hydrogen-bond acceptors (Lipinski definition) is 2. The molecule has 0 bridgehead atoms. The van der Waals surface area contributed by atoms with Crippen molar-refractivity contribution in [3.05, 3.63) is 35.7 Å². The van der Waals surface area contributed by atoms with Gasteiger partial charge in [0.2, 0.25) is 0 Å². The molecule has 0 unspecified atom stereocenters. The average molecular weight is 174 g/mol. The third kappa shape index (κ3) is 1.78. The van der Waals surface area contributed by atoms with Crippen molar-refractivity contribution < 1.29 is 0 Å². The highest BCUT2D eigenvalue weighted by Gasteiger charge is 2.08. The summed E-state index contributed by atoms with van der Waals surface area (Å²) in [5.41, 5.74) is 3.83. The smallest absolute Gasteiger partial charge is 0.0688 e. The number of hydrogen-bond donors (Lipinski definition) is 1. The molecule has 0 amide bonds. The molecule has 2 heteroatoms. The molecule has 0 spiro atoms. The average Bonchev–Trinajstić information content (AvgIpc) is 2.20. The largest absolute Gasteiger partial charge is 0.313 e. The van der Waals surface area contributed by atoms with Crippen LogP contribution in [0.15, 0.2) is 24.4 Å². The molecule has 0 radical (unpaired) electrons. The maximum absolute atomic E-state index is 4.41. The predicted molar refractivity (Wildman–Crippen MR) is 54.4 cm³/mol. The van der Waals surface area contributed by atoms with E-state index in [1.807, 2.05) is 12.3 Å². The minimum atomic E-state index is 0.978. The van der Waals surface area contributed by atoms with Crippen LogP contribution in [0.2, 0.25) is 0 Å². The number of aryl methyl sites for hydroxylation is 1. The standard InChI is InChI=1S/C11H14N2/c1-9-3-2-6-13-11(9)10-4-7-12-8-5-10/h2-4,6,12H,5,7-8H2,1H3. The summed E-state index contributed by atoms with van der Waals surface area (Å²) in [6.45, 7) is 4.17. The Hall–Kier alpha value is -1.15. The summed E-state index contributed by atoms with van der Waals surface area (Å²) in [6.07, 6.45) is 5.20. The van der Waals surface area contributed by atoms with Crippen LogP contribution in [0.1, 0.15) is 17.7 Å². The van der Waals surface area contributed by atoms with Gasteiger partial charge in [0.15, 0.2) is 0 Å². The molecule has 0 fully saturated rings. The lowest BCUT2D eigenvalue weighted by Crippen LogP contribution is -2.20. The third-order valence-corrected chi connectivity index (χ3v) is 2.38. The van der Waals surface area contributed by atoms with Gasteiger partial charge in [-0.3, -0.25) is 4.98 Å². The van der Waals surface area contributed by atoms with Gasteiger partial charge in [0.25, 0.3) is 0 Å². The molecule has 2 nitrogen and oxygen atoms in total. The van der Waals surface area contributed by atoms with Crippen molar-refractivity contribution in [2.75, 3.05) is 13.1 Å². The van der Waals surface area contributed by atoms with E-state index in [1.54, 1.807) is 0 Å². The number of nitrogens with zero attached hydrogens (tertiary/aromatic N) is 1. The first kappa shape index (κ1) is 8.45. The molecule has 68 valence electrons. The van der Waals surface area contributed by atoms with Crippen molar-refractivity contribution in [1.29, 1.82) is 0 Å². The van der Waals surface area contributed by atoms with Crippen LogP contribution in [0.4, 0.5) is 0 Å². The summed E-state index contributed by atoms with van der Waals surface area (Å²) in [4.78, 5) is 4.41. The van der Waals surface area contributed by atoms with E-state index in [2.05, 4.69) is 29.4 Å². The van der Waals surface area contributed by atoms with Gasteiger partial charge in [-0.2, -0.15) is 0 Å². The Kier molecular flexibility index (Phi) is 2.41. The zero-order chi connectivity index (χ0) is 9.10. The van der Waals surface area contributed by atoms with Gasteiger partial charge in [0, 0.05) is 12.7 Å². The first-order valence-corrected chi connectivity index (χ1v) is 4.69. The highest BCUT2D eigenvalue weighted by atomic mass is 14.9. The van der Waals surface area contributed by atoms with Crippen LogP contribution in [-0.4, -0.2) is 18.1 Å². The molecule has 0 aromatic carbocycles. The van der Waals surface area contributed by atoms with E-state index in [0.29, 0.717) is 0 Å². The molecule has 0 saturated carbocycles. The second kappa shape index (κ2) is 3.71. The Morgan fingerprint density at radius 2 is 2.38 bits per heavy atom. The van der Waals surface area contributed by atoms with Gasteiger partial charge in [-0.1, -0.05) is 12.1 Å². The van der Waals surface area contributed by atoms with E-state index < -0.39 is 0 Å². The number of pyridine rings is 1. The predicted octanol–water partition coefficient (Wildman–Crippen LogP) is 1.77. The van der Waals surface area contributed by atoms with Gasteiger partial charge >= 0.3 is 0 Å². The zero-order valence-corrected chi connectivity index (χ0v) is 7.88. The van der Waals surface area contributed by atoms with Crippen molar-refractivity contribution in [1.82, 2.24) is 10.3 Å². The van der Waals surface area contributed by atoms with Crippen molar-refractivity contribution >= 4 is 5.57 Å². The molecule has 0 atom stereocenters. The third-order valence-electron chi connectivity index (χ3n) is 2.38. The molecular weight excluding hydrogens is 160 g/mol. The second-order valence-electron chi connectivity index (χ2n) is 3.35. The van der Waals surface area contributed by atoms with E-state index in [-0.39, 0.29) is 0 Å². The van der Waals surface area contributed by atoms with Gasteiger partial charge in [-0.15, -0.1) is 0 Å². The SMILES string of the molecule is Cc1cccnc1C1=CCNCC1. The van der Waals surface area contributed by atoms with Crippen LogP contribution < -0.4 is 5.32 Å². The van der Waals surface area contributed by atoms with E-state index in [0.717, 1.165) is 19.5 Å². The maximum Gasteiger partial charge on any atom is 0.0688 e. The Labute approximate surface area is 78.7 Å². The van der Waals surface area contributed by atoms with E-state index >= 15 is 0 Å². The highest BCUT2D eigenvalue weighted by Crippen LogP contribution is 2.19. The molecule has 1 aliphatic rings. The Balaban J connectivity index is 2.34. The molecule has 2 heterocycles. The summed E-state index contributed by atoms with van der Waals surface area (Å²) in [5, 5.41) is 3.30. The lowest BCUT2D eigenvalue weighted by atomic mass is 10.0. The van der Waals surface area contributed by atoms with Crippen LogP contribution in [0, 0.1) is 6.92 Å². The summed E-state index contributed by atoms with van der Waals surface area (Å²) in [6, 6.07) is 4.10. The summed E-state index contributed by atoms with van der Waals surface area (Å²) in [5.74, 6) is 0.